The average molecular weight is 396 g/mol. The monoisotopic (exact) mass is 396 g/mol. The number of H-pyrrole nitrogens is 1. The summed E-state index contributed by atoms with van der Waals surface area (Å²) in [5.41, 5.74) is 0.608. The highest BCUT2D eigenvalue weighted by Gasteiger charge is 2.16. The molecule has 29 heavy (non-hydrogen) atoms. The van der Waals surface area contributed by atoms with Gasteiger partial charge in [-0.1, -0.05) is 13.3 Å². The summed E-state index contributed by atoms with van der Waals surface area (Å²) in [5.74, 6) is 1.59. The summed E-state index contributed by atoms with van der Waals surface area (Å²) < 4.78 is 14.1. The summed E-state index contributed by atoms with van der Waals surface area (Å²) in [5, 5.41) is 7.51. The number of benzene rings is 1. The molecule has 0 bridgehead atoms. The van der Waals surface area contributed by atoms with E-state index in [1.54, 1.807) is 23.7 Å². The molecule has 0 atom stereocenters. The zero-order valence-electron chi connectivity index (χ0n) is 16.1. The van der Waals surface area contributed by atoms with Crippen molar-refractivity contribution in [2.24, 2.45) is 7.05 Å². The lowest BCUT2D eigenvalue weighted by Crippen LogP contribution is -2.31. The largest absolute Gasteiger partial charge is 0.486 e. The molecular formula is C19H20N6O4. The van der Waals surface area contributed by atoms with Crippen molar-refractivity contribution in [1.82, 2.24) is 29.3 Å². The van der Waals surface area contributed by atoms with Gasteiger partial charge < -0.3 is 13.7 Å². The first-order valence-electron chi connectivity index (χ1n) is 9.26. The van der Waals surface area contributed by atoms with Gasteiger partial charge in [0.1, 0.15) is 18.2 Å². The van der Waals surface area contributed by atoms with E-state index >= 15 is 0 Å². The van der Waals surface area contributed by atoms with Gasteiger partial charge in [-0.05, 0) is 30.7 Å². The van der Waals surface area contributed by atoms with E-state index in [2.05, 4.69) is 20.2 Å². The summed E-state index contributed by atoms with van der Waals surface area (Å²) in [4.78, 5) is 31.4. The summed E-state index contributed by atoms with van der Waals surface area (Å²) in [7, 11) is 1.73. The van der Waals surface area contributed by atoms with Gasteiger partial charge in [0, 0.05) is 19.2 Å². The molecule has 0 unspecified atom stereocenters. The lowest BCUT2D eigenvalue weighted by molar-refractivity contribution is 0.292. The average Bonchev–Trinajstić information content (AvgIpc) is 3.35. The van der Waals surface area contributed by atoms with E-state index in [0.29, 0.717) is 35.2 Å². The number of nitrogens with zero attached hydrogens (tertiary/aromatic N) is 5. The number of rotatable bonds is 7. The summed E-state index contributed by atoms with van der Waals surface area (Å²) in [6.07, 6.45) is 3.01. The SMILES string of the molecule is CCCCn1c(=O)[nH]c(=O)c2c1nc(COc1ccc(-c3nnco3)cc1)n2C. The van der Waals surface area contributed by atoms with E-state index in [1.165, 1.54) is 11.0 Å². The fourth-order valence-corrected chi connectivity index (χ4v) is 3.08. The Morgan fingerprint density at radius 1 is 1.21 bits per heavy atom. The maximum absolute atomic E-state index is 12.3. The van der Waals surface area contributed by atoms with Gasteiger partial charge in [-0.3, -0.25) is 14.3 Å². The summed E-state index contributed by atoms with van der Waals surface area (Å²) >= 11 is 0. The van der Waals surface area contributed by atoms with Crippen molar-refractivity contribution in [1.29, 1.82) is 0 Å². The van der Waals surface area contributed by atoms with E-state index in [-0.39, 0.29) is 6.61 Å². The Morgan fingerprint density at radius 3 is 2.69 bits per heavy atom. The number of hydrogen-bond acceptors (Lipinski definition) is 7. The lowest BCUT2D eigenvalue weighted by Gasteiger charge is -2.06. The van der Waals surface area contributed by atoms with Crippen LogP contribution in [0.25, 0.3) is 22.6 Å². The summed E-state index contributed by atoms with van der Waals surface area (Å²) in [6.45, 7) is 2.68. The molecule has 1 N–H and O–H groups in total. The molecule has 10 nitrogen and oxygen atoms in total. The van der Waals surface area contributed by atoms with Crippen molar-refractivity contribution in [3.05, 3.63) is 57.3 Å². The minimum atomic E-state index is -0.456. The molecule has 0 saturated carbocycles. The van der Waals surface area contributed by atoms with Crippen LogP contribution < -0.4 is 16.0 Å². The molecule has 150 valence electrons. The Morgan fingerprint density at radius 2 is 2.00 bits per heavy atom. The molecule has 0 fully saturated rings. The van der Waals surface area contributed by atoms with E-state index in [0.717, 1.165) is 18.4 Å². The molecule has 4 rings (SSSR count). The van der Waals surface area contributed by atoms with Gasteiger partial charge in [-0.2, -0.15) is 0 Å². The van der Waals surface area contributed by atoms with Gasteiger partial charge >= 0.3 is 5.69 Å². The lowest BCUT2D eigenvalue weighted by atomic mass is 10.2. The first kappa shape index (κ1) is 18.7. The molecule has 3 heterocycles. The van der Waals surface area contributed by atoms with Crippen molar-refractivity contribution in [3.8, 4) is 17.2 Å². The molecule has 3 aromatic heterocycles. The number of ether oxygens (including phenoxy) is 1. The van der Waals surface area contributed by atoms with Crippen LogP contribution in [0.2, 0.25) is 0 Å². The predicted molar refractivity (Wildman–Crippen MR) is 105 cm³/mol. The quantitative estimate of drug-likeness (QED) is 0.506. The second kappa shape index (κ2) is 7.74. The van der Waals surface area contributed by atoms with Crippen LogP contribution in [0.1, 0.15) is 25.6 Å². The second-order valence-electron chi connectivity index (χ2n) is 6.58. The minimum absolute atomic E-state index is 0.145. The Bertz CT molecular complexity index is 1230. The molecular weight excluding hydrogens is 376 g/mol. The van der Waals surface area contributed by atoms with Gasteiger partial charge in [-0.15, -0.1) is 10.2 Å². The van der Waals surface area contributed by atoms with Crippen LogP contribution in [0.4, 0.5) is 0 Å². The second-order valence-corrected chi connectivity index (χ2v) is 6.58. The maximum Gasteiger partial charge on any atom is 0.330 e. The van der Waals surface area contributed by atoms with Gasteiger partial charge in [-0.25, -0.2) is 9.78 Å². The van der Waals surface area contributed by atoms with Crippen LogP contribution in [0.5, 0.6) is 5.75 Å². The Kier molecular flexibility index (Phi) is 4.98. The Hall–Kier alpha value is -3.69. The van der Waals surface area contributed by atoms with Crippen LogP contribution >= 0.6 is 0 Å². The topological polar surface area (TPSA) is 121 Å². The van der Waals surface area contributed by atoms with Gasteiger partial charge in [0.05, 0.1) is 0 Å². The van der Waals surface area contributed by atoms with E-state index in [4.69, 9.17) is 9.15 Å². The molecule has 1 aromatic carbocycles. The molecule has 0 amide bonds. The highest BCUT2D eigenvalue weighted by Crippen LogP contribution is 2.21. The number of aryl methyl sites for hydroxylation is 2. The number of nitrogens with one attached hydrogen (secondary N) is 1. The molecule has 0 aliphatic carbocycles. The van der Waals surface area contributed by atoms with Gasteiger partial charge in [0.25, 0.3) is 5.56 Å². The third-order valence-corrected chi connectivity index (χ3v) is 4.67. The standard InChI is InChI=1S/C19H20N6O4/c1-3-4-9-25-16-15(17(26)22-19(25)27)24(2)14(21-16)10-28-13-7-5-12(6-8-13)18-23-20-11-29-18/h5-8,11H,3-4,9-10H2,1-2H3,(H,22,26,27). The first-order chi connectivity index (χ1) is 14.1. The molecule has 0 spiro atoms. The van der Waals surface area contributed by atoms with Crippen molar-refractivity contribution in [2.75, 3.05) is 0 Å². The first-order valence-corrected chi connectivity index (χ1v) is 9.26. The van der Waals surface area contributed by atoms with Crippen LogP contribution in [0, 0.1) is 0 Å². The van der Waals surface area contributed by atoms with Crippen molar-refractivity contribution >= 4 is 11.2 Å². The van der Waals surface area contributed by atoms with Crippen LogP contribution in [-0.2, 0) is 20.2 Å². The van der Waals surface area contributed by atoms with Gasteiger partial charge in [0.15, 0.2) is 11.2 Å². The Labute approximate surface area is 164 Å². The van der Waals surface area contributed by atoms with Crippen molar-refractivity contribution in [3.63, 3.8) is 0 Å². The molecule has 0 saturated heterocycles. The van der Waals surface area contributed by atoms with Gasteiger partial charge in [0.2, 0.25) is 12.3 Å². The van der Waals surface area contributed by atoms with E-state index in [9.17, 15) is 9.59 Å². The molecule has 10 heteroatoms. The highest BCUT2D eigenvalue weighted by molar-refractivity contribution is 5.70. The highest BCUT2D eigenvalue weighted by atomic mass is 16.5. The van der Waals surface area contributed by atoms with Crippen LogP contribution in [0.3, 0.4) is 0 Å². The molecule has 0 radical (unpaired) electrons. The fourth-order valence-electron chi connectivity index (χ4n) is 3.08. The molecule has 0 aliphatic rings. The maximum atomic E-state index is 12.3. The minimum Gasteiger partial charge on any atom is -0.486 e. The van der Waals surface area contributed by atoms with Crippen LogP contribution in [0.15, 0.2) is 44.7 Å². The zero-order valence-corrected chi connectivity index (χ0v) is 16.1. The fraction of sp³-hybridized carbons (Fsp3) is 0.316. The third-order valence-electron chi connectivity index (χ3n) is 4.67. The van der Waals surface area contributed by atoms with Crippen LogP contribution in [-0.4, -0.2) is 29.3 Å². The molecule has 0 aliphatic heterocycles. The molecule has 4 aromatic rings. The normalized spacial score (nSPS) is 11.2. The summed E-state index contributed by atoms with van der Waals surface area (Å²) in [6, 6.07) is 7.19. The number of unbranched alkanes of at least 4 members (excludes halogenated alkanes) is 1. The number of hydrogen-bond donors (Lipinski definition) is 1. The smallest absolute Gasteiger partial charge is 0.330 e. The zero-order chi connectivity index (χ0) is 20.4. The predicted octanol–water partition coefficient (Wildman–Crippen LogP) is 1.85. The number of fused-ring (bicyclic) bond motifs is 1. The number of aromatic amines is 1. The van der Waals surface area contributed by atoms with E-state index in [1.807, 2.05) is 19.1 Å². The van der Waals surface area contributed by atoms with Crippen molar-refractivity contribution < 1.29 is 9.15 Å². The van der Waals surface area contributed by atoms with E-state index < -0.39 is 11.2 Å². The number of aromatic nitrogens is 6. The van der Waals surface area contributed by atoms with Crippen molar-refractivity contribution in [2.45, 2.75) is 32.9 Å². The third kappa shape index (κ3) is 3.56. The Balaban J connectivity index is 1.60. The number of imidazole rings is 1.